The zero-order valence-electron chi connectivity index (χ0n) is 19.3. The van der Waals surface area contributed by atoms with Gasteiger partial charge in [-0.3, -0.25) is 9.69 Å². The van der Waals surface area contributed by atoms with Crippen LogP contribution in [0.5, 0.6) is 0 Å². The van der Waals surface area contributed by atoms with Gasteiger partial charge in [0.15, 0.2) is 0 Å². The molecule has 5 nitrogen and oxygen atoms in total. The maximum atomic E-state index is 13.0. The standard InChI is InChI=1S/C25H39N3O2.ClH/c1-3-26(4-2)21-12-10-20(11-13-21)24-22-9-5-6-14-25(22,30)15-18-28(24)19-23(29)27-16-7-8-17-27;/h10-13,22,24,30H,3-9,14-19H2,1-2H3;1H. The molecule has 1 saturated carbocycles. The molecule has 31 heavy (non-hydrogen) atoms. The van der Waals surface area contributed by atoms with Crippen LogP contribution in [-0.4, -0.2) is 65.7 Å². The molecule has 4 rings (SSSR count). The van der Waals surface area contributed by atoms with Crippen molar-refractivity contribution in [3.63, 3.8) is 0 Å². The molecule has 3 aliphatic rings. The summed E-state index contributed by atoms with van der Waals surface area (Å²) in [5.41, 5.74) is 2.03. The molecule has 1 aromatic carbocycles. The van der Waals surface area contributed by atoms with E-state index in [1.807, 2.05) is 4.90 Å². The van der Waals surface area contributed by atoms with Crippen LogP contribution in [-0.2, 0) is 4.79 Å². The summed E-state index contributed by atoms with van der Waals surface area (Å²) in [4.78, 5) is 18.9. The Morgan fingerprint density at radius 3 is 2.35 bits per heavy atom. The van der Waals surface area contributed by atoms with E-state index in [0.717, 1.165) is 71.2 Å². The van der Waals surface area contributed by atoms with Crippen LogP contribution in [0.15, 0.2) is 24.3 Å². The third kappa shape index (κ3) is 5.11. The van der Waals surface area contributed by atoms with Gasteiger partial charge in [-0.15, -0.1) is 0 Å². The maximum absolute atomic E-state index is 13.0. The summed E-state index contributed by atoms with van der Waals surface area (Å²) in [6, 6.07) is 9.18. The van der Waals surface area contributed by atoms with Crippen molar-refractivity contribution in [1.29, 1.82) is 0 Å². The third-order valence-electron chi connectivity index (χ3n) is 7.98. The molecule has 0 bridgehead atoms. The van der Waals surface area contributed by atoms with E-state index in [2.05, 4.69) is 43.0 Å². The molecule has 174 valence electrons. The first-order chi connectivity index (χ1) is 14.6. The molecular weight excluding hydrogens is 410 g/mol. The Morgan fingerprint density at radius 2 is 1.71 bits per heavy atom. The highest BCUT2D eigenvalue weighted by atomic mass is 35.5. The summed E-state index contributed by atoms with van der Waals surface area (Å²) in [7, 11) is 0. The quantitative estimate of drug-likeness (QED) is 0.617. The topological polar surface area (TPSA) is 48.2 Å². The number of likely N-dealkylation sites (tertiary alicyclic amines) is 2. The fourth-order valence-corrected chi connectivity index (χ4v) is 6.18. The number of quaternary nitrogens is 1. The van der Waals surface area contributed by atoms with E-state index in [-0.39, 0.29) is 30.3 Å². The Morgan fingerprint density at radius 1 is 1.03 bits per heavy atom. The summed E-state index contributed by atoms with van der Waals surface area (Å²) in [6.45, 7) is 9.72. The van der Waals surface area contributed by atoms with E-state index < -0.39 is 5.60 Å². The van der Waals surface area contributed by atoms with Crippen molar-refractivity contribution in [2.75, 3.05) is 39.3 Å². The number of rotatable bonds is 6. The highest BCUT2D eigenvalue weighted by molar-refractivity contribution is 5.78. The van der Waals surface area contributed by atoms with Gasteiger partial charge in [-0.2, -0.15) is 0 Å². The predicted molar refractivity (Wildman–Crippen MR) is 120 cm³/mol. The summed E-state index contributed by atoms with van der Waals surface area (Å²) >= 11 is 0. The number of hydrogen-bond donors (Lipinski definition) is 2. The van der Waals surface area contributed by atoms with Crippen molar-refractivity contribution in [1.82, 2.24) is 9.80 Å². The Labute approximate surface area is 194 Å². The lowest BCUT2D eigenvalue weighted by molar-refractivity contribution is -0.828. The number of hydrogen-bond acceptors (Lipinski definition) is 3. The first-order valence-electron chi connectivity index (χ1n) is 12.2. The average Bonchev–Trinajstić information content (AvgIpc) is 3.30. The van der Waals surface area contributed by atoms with E-state index in [0.29, 0.717) is 6.54 Å². The number of nitrogens with one attached hydrogen (secondary N) is 1. The lowest BCUT2D eigenvalue weighted by Gasteiger charge is -2.52. The van der Waals surface area contributed by atoms with Crippen LogP contribution in [0.3, 0.4) is 0 Å². The zero-order valence-corrected chi connectivity index (χ0v) is 20.0. The Balaban J connectivity index is 0.00000272. The minimum atomic E-state index is -0.571. The summed E-state index contributed by atoms with van der Waals surface area (Å²) in [5.74, 6) is 0.487. The van der Waals surface area contributed by atoms with Gasteiger partial charge in [0.25, 0.3) is 0 Å². The van der Waals surface area contributed by atoms with Crippen LogP contribution in [0.4, 0.5) is 5.69 Å². The first-order valence-corrected chi connectivity index (χ1v) is 12.2. The molecule has 6 heteroatoms. The van der Waals surface area contributed by atoms with Gasteiger partial charge in [0.2, 0.25) is 5.91 Å². The maximum Gasteiger partial charge on any atom is 0.236 e. The summed E-state index contributed by atoms with van der Waals surface area (Å²) in [5, 5.41) is 11.5. The van der Waals surface area contributed by atoms with Crippen LogP contribution in [0, 0.1) is 5.92 Å². The van der Waals surface area contributed by atoms with Crippen molar-refractivity contribution in [2.45, 2.75) is 70.4 Å². The number of carbonyl (C=O) groups excluding carboxylic acids is 1. The van der Waals surface area contributed by atoms with Crippen LogP contribution in [0.2, 0.25) is 0 Å². The normalized spacial score (nSPS) is 29.0. The van der Waals surface area contributed by atoms with Crippen molar-refractivity contribution in [2.24, 2.45) is 5.92 Å². The van der Waals surface area contributed by atoms with Crippen molar-refractivity contribution in [3.8, 4) is 0 Å². The predicted octanol–water partition coefficient (Wildman–Crippen LogP) is -0.463. The molecule has 3 fully saturated rings. The number of benzene rings is 1. The van der Waals surface area contributed by atoms with Gasteiger partial charge in [0.1, 0.15) is 5.69 Å². The van der Waals surface area contributed by atoms with Gasteiger partial charge in [-0.25, -0.2) is 0 Å². The fraction of sp³-hybridized carbons (Fsp3) is 0.720. The average molecular weight is 450 g/mol. The molecule has 2 heterocycles. The van der Waals surface area contributed by atoms with Gasteiger partial charge in [-0.1, -0.05) is 25.0 Å². The highest BCUT2D eigenvalue weighted by Gasteiger charge is 2.49. The number of piperidine rings is 1. The molecule has 2 aliphatic heterocycles. The number of amides is 1. The van der Waals surface area contributed by atoms with E-state index in [1.54, 1.807) is 0 Å². The summed E-state index contributed by atoms with van der Waals surface area (Å²) in [6.07, 6.45) is 7.32. The first kappa shape index (κ1) is 24.5. The lowest BCUT2D eigenvalue weighted by Crippen LogP contribution is -3.06. The Kier molecular flexibility index (Phi) is 8.42. The van der Waals surface area contributed by atoms with Crippen LogP contribution in [0.1, 0.15) is 70.4 Å². The lowest BCUT2D eigenvalue weighted by atomic mass is 9.66. The van der Waals surface area contributed by atoms with Crippen LogP contribution < -0.4 is 17.3 Å². The highest BCUT2D eigenvalue weighted by Crippen LogP contribution is 2.49. The second kappa shape index (κ2) is 10.7. The molecule has 0 radical (unpaired) electrons. The fourth-order valence-electron chi connectivity index (χ4n) is 6.18. The largest absolute Gasteiger partial charge is 1.00 e. The second-order valence-corrected chi connectivity index (χ2v) is 9.64. The molecular formula is C25H40ClN3O2. The molecule has 2 saturated heterocycles. The van der Waals surface area contributed by atoms with Crippen molar-refractivity contribution in [3.05, 3.63) is 29.8 Å². The van der Waals surface area contributed by atoms with Gasteiger partial charge in [0, 0.05) is 31.6 Å². The second-order valence-electron chi connectivity index (χ2n) is 9.64. The van der Waals surface area contributed by atoms with Crippen molar-refractivity contribution >= 4 is 11.6 Å². The molecule has 1 aliphatic carbocycles. The molecule has 2 N–H and O–H groups in total. The number of halogens is 1. The van der Waals surface area contributed by atoms with Gasteiger partial charge >= 0.3 is 0 Å². The van der Waals surface area contributed by atoms with Gasteiger partial charge in [-0.05, 0) is 63.6 Å². The third-order valence-corrected chi connectivity index (χ3v) is 7.98. The van der Waals surface area contributed by atoms with Crippen LogP contribution in [0.25, 0.3) is 0 Å². The van der Waals surface area contributed by atoms with Gasteiger partial charge < -0.3 is 27.3 Å². The number of fused-ring (bicyclic) bond motifs is 1. The SMILES string of the molecule is CC[NH+](CC)c1ccc(C2C3CCCCC3(O)CCN2CC(=O)N2CCCC2)cc1.[Cl-]. The zero-order chi connectivity index (χ0) is 21.1. The monoisotopic (exact) mass is 449 g/mol. The molecule has 0 aromatic heterocycles. The molecule has 1 aromatic rings. The number of carbonyl (C=O) groups is 1. The van der Waals surface area contributed by atoms with Crippen LogP contribution >= 0.6 is 0 Å². The Bertz CT molecular complexity index is 718. The van der Waals surface area contributed by atoms with E-state index in [1.165, 1.54) is 22.6 Å². The minimum absolute atomic E-state index is 0. The van der Waals surface area contributed by atoms with Crippen molar-refractivity contribution < 1.29 is 27.2 Å². The van der Waals surface area contributed by atoms with Gasteiger partial charge in [0.05, 0.1) is 25.2 Å². The number of nitrogens with zero attached hydrogens (tertiary/aromatic N) is 2. The minimum Gasteiger partial charge on any atom is -1.00 e. The molecule has 0 spiro atoms. The molecule has 3 unspecified atom stereocenters. The number of aliphatic hydroxyl groups is 1. The Hall–Kier alpha value is -1.14. The van der Waals surface area contributed by atoms with E-state index in [9.17, 15) is 9.90 Å². The van der Waals surface area contributed by atoms with E-state index in [4.69, 9.17) is 0 Å². The smallest absolute Gasteiger partial charge is 0.236 e. The van der Waals surface area contributed by atoms with E-state index >= 15 is 0 Å². The summed E-state index contributed by atoms with van der Waals surface area (Å²) < 4.78 is 0. The molecule has 1 amide bonds. The molecule has 3 atom stereocenters.